The Morgan fingerprint density at radius 1 is 0.923 bits per heavy atom. The van der Waals surface area contributed by atoms with Crippen LogP contribution in [0.1, 0.15) is 47.2 Å². The van der Waals surface area contributed by atoms with Crippen LogP contribution in [-0.2, 0) is 20.3 Å². The fraction of sp³-hybridized carbons (Fsp3) is 0.419. The lowest BCUT2D eigenvalue weighted by molar-refractivity contribution is 0.0141. The molecule has 8 heteroatoms. The van der Waals surface area contributed by atoms with Crippen molar-refractivity contribution in [2.24, 2.45) is 0 Å². The minimum Gasteiger partial charge on any atom is -0.444 e. The molecule has 1 heterocycles. The van der Waals surface area contributed by atoms with Gasteiger partial charge in [0.1, 0.15) is 11.4 Å². The van der Waals surface area contributed by atoms with Crippen molar-refractivity contribution < 1.29 is 23.1 Å². The molecule has 0 aliphatic carbocycles. The maximum absolute atomic E-state index is 14.6. The molecule has 0 fully saturated rings. The number of carbonyl (C=O) groups is 1. The van der Waals surface area contributed by atoms with Gasteiger partial charge in [-0.1, -0.05) is 81.4 Å². The number of carbonyl (C=O) groups excluding carboxylic acids is 1. The first-order chi connectivity index (χ1) is 18.4. The highest BCUT2D eigenvalue weighted by Gasteiger charge is 2.50. The van der Waals surface area contributed by atoms with E-state index in [4.69, 9.17) is 13.9 Å². The van der Waals surface area contributed by atoms with Crippen LogP contribution >= 0.6 is 0 Å². The molecule has 0 saturated carbocycles. The number of pyridine rings is 1. The Morgan fingerprint density at radius 2 is 1.49 bits per heavy atom. The summed E-state index contributed by atoms with van der Waals surface area (Å²) in [5, 5.41) is 4.92. The molecule has 0 radical (unpaired) electrons. The fourth-order valence-electron chi connectivity index (χ4n) is 4.83. The highest BCUT2D eigenvalue weighted by Crippen LogP contribution is 2.37. The van der Waals surface area contributed by atoms with Gasteiger partial charge in [-0.15, -0.1) is 0 Å². The SMILES string of the molecule is COC(CO[Si](c1ccccc1)(c1ccccc1)C(C)(C)C)C(Cc1ncccc1F)NC(=O)OC(C)(C)C. The second kappa shape index (κ2) is 12.9. The number of nitrogens with one attached hydrogen (secondary N) is 1. The fourth-order valence-corrected chi connectivity index (χ4v) is 9.40. The Morgan fingerprint density at radius 3 is 1.95 bits per heavy atom. The van der Waals surface area contributed by atoms with Crippen LogP contribution in [0.15, 0.2) is 79.0 Å². The average Bonchev–Trinajstić information content (AvgIpc) is 2.87. The van der Waals surface area contributed by atoms with Gasteiger partial charge in [-0.05, 0) is 48.3 Å². The van der Waals surface area contributed by atoms with E-state index in [0.29, 0.717) is 0 Å². The van der Waals surface area contributed by atoms with E-state index in [2.05, 4.69) is 55.3 Å². The molecule has 0 saturated heterocycles. The molecule has 0 aliphatic rings. The predicted octanol–water partition coefficient (Wildman–Crippen LogP) is 5.25. The number of ether oxygens (including phenoxy) is 2. The molecule has 2 unspecified atom stereocenters. The second-order valence-corrected chi connectivity index (χ2v) is 15.9. The summed E-state index contributed by atoms with van der Waals surface area (Å²) >= 11 is 0. The van der Waals surface area contributed by atoms with E-state index >= 15 is 0 Å². The monoisotopic (exact) mass is 552 g/mol. The number of halogens is 1. The van der Waals surface area contributed by atoms with Gasteiger partial charge in [0.15, 0.2) is 0 Å². The van der Waals surface area contributed by atoms with E-state index in [1.54, 1.807) is 27.9 Å². The molecule has 39 heavy (non-hydrogen) atoms. The number of aromatic nitrogens is 1. The number of hydrogen-bond donors (Lipinski definition) is 1. The van der Waals surface area contributed by atoms with Gasteiger partial charge in [-0.3, -0.25) is 4.98 Å². The van der Waals surface area contributed by atoms with Crippen LogP contribution in [-0.4, -0.2) is 50.9 Å². The quantitative estimate of drug-likeness (QED) is 0.348. The lowest BCUT2D eigenvalue weighted by Gasteiger charge is -2.44. The highest BCUT2D eigenvalue weighted by molar-refractivity contribution is 6.99. The summed E-state index contributed by atoms with van der Waals surface area (Å²) in [4.78, 5) is 17.0. The van der Waals surface area contributed by atoms with Crippen LogP contribution in [0.3, 0.4) is 0 Å². The van der Waals surface area contributed by atoms with E-state index in [-0.39, 0.29) is 23.8 Å². The molecule has 0 aliphatic heterocycles. The van der Waals surface area contributed by atoms with Crippen molar-refractivity contribution >= 4 is 24.8 Å². The van der Waals surface area contributed by atoms with Crippen LogP contribution in [0.4, 0.5) is 9.18 Å². The summed E-state index contributed by atoms with van der Waals surface area (Å²) in [6, 6.07) is 22.8. The third-order valence-corrected chi connectivity index (χ3v) is 11.6. The van der Waals surface area contributed by atoms with Crippen molar-refractivity contribution in [2.75, 3.05) is 13.7 Å². The Balaban J connectivity index is 2.00. The van der Waals surface area contributed by atoms with Crippen LogP contribution in [0, 0.1) is 5.82 Å². The highest BCUT2D eigenvalue weighted by atomic mass is 28.4. The molecular weight excluding hydrogens is 511 g/mol. The van der Waals surface area contributed by atoms with Crippen molar-refractivity contribution in [3.63, 3.8) is 0 Å². The number of methoxy groups -OCH3 is 1. The normalized spacial score (nSPS) is 13.9. The number of amides is 1. The van der Waals surface area contributed by atoms with Gasteiger partial charge in [0.2, 0.25) is 0 Å². The zero-order valence-corrected chi connectivity index (χ0v) is 25.0. The lowest BCUT2D eigenvalue weighted by Crippen LogP contribution is -2.67. The molecule has 3 aromatic rings. The molecule has 3 rings (SSSR count). The van der Waals surface area contributed by atoms with Crippen molar-refractivity contribution in [3.05, 3.63) is 90.5 Å². The Bertz CT molecular complexity index is 1160. The minimum atomic E-state index is -2.87. The van der Waals surface area contributed by atoms with Gasteiger partial charge in [0, 0.05) is 19.7 Å². The zero-order chi connectivity index (χ0) is 28.7. The number of hydrogen-bond acceptors (Lipinski definition) is 5. The topological polar surface area (TPSA) is 69.7 Å². The molecule has 1 aromatic heterocycles. The summed E-state index contributed by atoms with van der Waals surface area (Å²) in [6.07, 6.45) is 0.412. The molecule has 1 amide bonds. The molecule has 0 bridgehead atoms. The first kappa shape index (κ1) is 30.5. The van der Waals surface area contributed by atoms with E-state index in [1.807, 2.05) is 36.4 Å². The van der Waals surface area contributed by atoms with Crippen LogP contribution in [0.2, 0.25) is 5.04 Å². The van der Waals surface area contributed by atoms with Gasteiger partial charge in [-0.25, -0.2) is 9.18 Å². The third-order valence-electron chi connectivity index (χ3n) is 6.58. The van der Waals surface area contributed by atoms with E-state index < -0.39 is 38.0 Å². The van der Waals surface area contributed by atoms with E-state index in [1.165, 1.54) is 18.3 Å². The van der Waals surface area contributed by atoms with Crippen molar-refractivity contribution in [2.45, 2.75) is 70.7 Å². The van der Waals surface area contributed by atoms with Gasteiger partial charge < -0.3 is 19.2 Å². The molecule has 2 aromatic carbocycles. The summed E-state index contributed by atoms with van der Waals surface area (Å²) in [7, 11) is -1.30. The van der Waals surface area contributed by atoms with E-state index in [9.17, 15) is 9.18 Å². The summed E-state index contributed by atoms with van der Waals surface area (Å²) < 4.78 is 33.1. The number of nitrogens with zero attached hydrogens (tertiary/aromatic N) is 1. The van der Waals surface area contributed by atoms with Gasteiger partial charge in [0.25, 0.3) is 8.32 Å². The summed E-state index contributed by atoms with van der Waals surface area (Å²) in [6.45, 7) is 12.1. The Hall–Kier alpha value is -3.07. The predicted molar refractivity (Wildman–Crippen MR) is 155 cm³/mol. The summed E-state index contributed by atoms with van der Waals surface area (Å²) in [5.74, 6) is -0.448. The lowest BCUT2D eigenvalue weighted by atomic mass is 10.0. The number of benzene rings is 2. The number of alkyl carbamates (subject to hydrolysis) is 1. The Labute approximate surface area is 233 Å². The average molecular weight is 553 g/mol. The summed E-state index contributed by atoms with van der Waals surface area (Å²) in [5.41, 5.74) is -0.468. The number of rotatable bonds is 10. The van der Waals surface area contributed by atoms with Crippen molar-refractivity contribution in [1.29, 1.82) is 0 Å². The first-order valence-corrected chi connectivity index (χ1v) is 15.1. The van der Waals surface area contributed by atoms with Gasteiger partial charge in [-0.2, -0.15) is 0 Å². The maximum Gasteiger partial charge on any atom is 0.407 e. The maximum atomic E-state index is 14.6. The Kier molecular flexibility index (Phi) is 10.0. The van der Waals surface area contributed by atoms with Crippen molar-refractivity contribution in [1.82, 2.24) is 10.3 Å². The van der Waals surface area contributed by atoms with Gasteiger partial charge in [0.05, 0.1) is 24.4 Å². The largest absolute Gasteiger partial charge is 0.444 e. The first-order valence-electron chi connectivity index (χ1n) is 13.2. The molecule has 210 valence electrons. The molecular formula is C31H41FN2O4Si. The zero-order valence-electron chi connectivity index (χ0n) is 24.0. The van der Waals surface area contributed by atoms with Crippen LogP contribution in [0.5, 0.6) is 0 Å². The van der Waals surface area contributed by atoms with Crippen molar-refractivity contribution in [3.8, 4) is 0 Å². The molecule has 6 nitrogen and oxygen atoms in total. The third kappa shape index (κ3) is 7.74. The standard InChI is InChI=1S/C31H41FN2O4Si/c1-30(2,3)38-29(35)34-27(21-26-25(32)19-14-20-33-26)28(36-7)22-37-39(31(4,5)6,23-15-10-8-11-16-23)24-17-12-9-13-18-24/h8-20,27-28H,21-22H2,1-7H3,(H,34,35). The molecule has 2 atom stereocenters. The van der Waals surface area contributed by atoms with E-state index in [0.717, 1.165) is 10.4 Å². The smallest absolute Gasteiger partial charge is 0.407 e. The molecule has 1 N–H and O–H groups in total. The molecule has 0 spiro atoms. The minimum absolute atomic E-state index is 0.106. The van der Waals surface area contributed by atoms with Crippen LogP contribution < -0.4 is 15.7 Å². The van der Waals surface area contributed by atoms with Crippen LogP contribution in [0.25, 0.3) is 0 Å². The van der Waals surface area contributed by atoms with Gasteiger partial charge >= 0.3 is 6.09 Å². The second-order valence-electron chi connectivity index (χ2n) is 11.6.